The van der Waals surface area contributed by atoms with Crippen LogP contribution in [0.5, 0.6) is 0 Å². The first-order valence-electron chi connectivity index (χ1n) is 5.53. The van der Waals surface area contributed by atoms with Gasteiger partial charge < -0.3 is 14.6 Å². The minimum Gasteiger partial charge on any atom is -0.380 e. The number of hydrogen-bond acceptors (Lipinski definition) is 3. The fourth-order valence-electron chi connectivity index (χ4n) is 1.42. The van der Waals surface area contributed by atoms with Gasteiger partial charge in [0.1, 0.15) is 5.82 Å². The van der Waals surface area contributed by atoms with Crippen LogP contribution in [0.15, 0.2) is 12.4 Å². The number of nitrogens with one attached hydrogen (secondary N) is 1. The summed E-state index contributed by atoms with van der Waals surface area (Å²) in [4.78, 5) is 4.17. The number of imidazole rings is 1. The monoisotopic (exact) mass is 211 g/mol. The van der Waals surface area contributed by atoms with Crippen molar-refractivity contribution in [1.29, 1.82) is 0 Å². The average Bonchev–Trinajstić information content (AvgIpc) is 2.61. The van der Waals surface area contributed by atoms with Gasteiger partial charge in [-0.15, -0.1) is 0 Å². The SMILES string of the molecule is CCOCC(C)NCCn1ccnc1C. The van der Waals surface area contributed by atoms with Crippen LogP contribution in [0, 0.1) is 6.92 Å². The second-order valence-corrected chi connectivity index (χ2v) is 3.68. The van der Waals surface area contributed by atoms with Gasteiger partial charge in [0.2, 0.25) is 0 Å². The Morgan fingerprint density at radius 3 is 3.00 bits per heavy atom. The number of hydrogen-bond donors (Lipinski definition) is 1. The highest BCUT2D eigenvalue weighted by Gasteiger charge is 2.01. The summed E-state index contributed by atoms with van der Waals surface area (Å²) in [5.74, 6) is 1.06. The zero-order valence-electron chi connectivity index (χ0n) is 9.86. The van der Waals surface area contributed by atoms with Gasteiger partial charge in [0, 0.05) is 38.1 Å². The molecule has 0 amide bonds. The van der Waals surface area contributed by atoms with Gasteiger partial charge >= 0.3 is 0 Å². The van der Waals surface area contributed by atoms with E-state index in [9.17, 15) is 0 Å². The van der Waals surface area contributed by atoms with Crippen molar-refractivity contribution < 1.29 is 4.74 Å². The first-order valence-corrected chi connectivity index (χ1v) is 5.53. The number of aromatic nitrogens is 2. The van der Waals surface area contributed by atoms with Crippen LogP contribution in [0.2, 0.25) is 0 Å². The lowest BCUT2D eigenvalue weighted by Gasteiger charge is -2.14. The molecule has 0 aliphatic heterocycles. The van der Waals surface area contributed by atoms with Gasteiger partial charge in [-0.3, -0.25) is 0 Å². The normalized spacial score (nSPS) is 13.0. The maximum absolute atomic E-state index is 5.33. The van der Waals surface area contributed by atoms with Crippen molar-refractivity contribution in [3.63, 3.8) is 0 Å². The maximum Gasteiger partial charge on any atom is 0.105 e. The summed E-state index contributed by atoms with van der Waals surface area (Å²) >= 11 is 0. The number of nitrogens with zero attached hydrogens (tertiary/aromatic N) is 2. The number of aryl methyl sites for hydroxylation is 1. The molecule has 4 heteroatoms. The third-order valence-corrected chi connectivity index (χ3v) is 2.34. The van der Waals surface area contributed by atoms with E-state index in [0.29, 0.717) is 6.04 Å². The first kappa shape index (κ1) is 12.2. The Bertz CT molecular complexity index is 273. The van der Waals surface area contributed by atoms with E-state index in [1.807, 2.05) is 26.2 Å². The smallest absolute Gasteiger partial charge is 0.105 e. The highest BCUT2D eigenvalue weighted by atomic mass is 16.5. The van der Waals surface area contributed by atoms with Crippen molar-refractivity contribution in [2.24, 2.45) is 0 Å². The molecule has 1 aromatic rings. The fraction of sp³-hybridized carbons (Fsp3) is 0.727. The summed E-state index contributed by atoms with van der Waals surface area (Å²) in [7, 11) is 0. The molecule has 1 rings (SSSR count). The quantitative estimate of drug-likeness (QED) is 0.736. The molecular weight excluding hydrogens is 190 g/mol. The fourth-order valence-corrected chi connectivity index (χ4v) is 1.42. The Balaban J connectivity index is 2.13. The van der Waals surface area contributed by atoms with Crippen LogP contribution in [0.1, 0.15) is 19.7 Å². The molecule has 1 unspecified atom stereocenters. The molecule has 1 N–H and O–H groups in total. The Labute approximate surface area is 91.7 Å². The van der Waals surface area contributed by atoms with Crippen LogP contribution in [-0.4, -0.2) is 35.4 Å². The molecule has 4 nitrogen and oxygen atoms in total. The van der Waals surface area contributed by atoms with Gasteiger partial charge in [-0.2, -0.15) is 0 Å². The second-order valence-electron chi connectivity index (χ2n) is 3.68. The van der Waals surface area contributed by atoms with E-state index < -0.39 is 0 Å². The van der Waals surface area contributed by atoms with E-state index in [4.69, 9.17) is 4.74 Å². The molecule has 15 heavy (non-hydrogen) atoms. The van der Waals surface area contributed by atoms with Crippen LogP contribution in [0.3, 0.4) is 0 Å². The lowest BCUT2D eigenvalue weighted by molar-refractivity contribution is 0.127. The predicted octanol–water partition coefficient (Wildman–Crippen LogP) is 1.21. The Morgan fingerprint density at radius 1 is 1.60 bits per heavy atom. The molecule has 0 bridgehead atoms. The molecule has 86 valence electrons. The van der Waals surface area contributed by atoms with Crippen LogP contribution in [0.4, 0.5) is 0 Å². The van der Waals surface area contributed by atoms with Crippen molar-refractivity contribution >= 4 is 0 Å². The topological polar surface area (TPSA) is 39.1 Å². The van der Waals surface area contributed by atoms with Gasteiger partial charge in [0.05, 0.1) is 6.61 Å². The zero-order chi connectivity index (χ0) is 11.1. The molecule has 0 saturated carbocycles. The second kappa shape index (κ2) is 6.58. The van der Waals surface area contributed by atoms with Gasteiger partial charge in [-0.05, 0) is 20.8 Å². The summed E-state index contributed by atoms with van der Waals surface area (Å²) in [6.07, 6.45) is 3.84. The van der Waals surface area contributed by atoms with Gasteiger partial charge in [0.25, 0.3) is 0 Å². The summed E-state index contributed by atoms with van der Waals surface area (Å²) in [5.41, 5.74) is 0. The van der Waals surface area contributed by atoms with Gasteiger partial charge in [-0.1, -0.05) is 0 Å². The third-order valence-electron chi connectivity index (χ3n) is 2.34. The minimum atomic E-state index is 0.411. The predicted molar refractivity (Wildman–Crippen MR) is 60.9 cm³/mol. The summed E-state index contributed by atoms with van der Waals surface area (Å²) in [6.45, 7) is 9.64. The van der Waals surface area contributed by atoms with Crippen molar-refractivity contribution in [1.82, 2.24) is 14.9 Å². The zero-order valence-corrected chi connectivity index (χ0v) is 9.86. The number of rotatable bonds is 7. The van der Waals surface area contributed by atoms with Gasteiger partial charge in [-0.25, -0.2) is 4.98 Å². The molecular formula is C11H21N3O. The van der Waals surface area contributed by atoms with Crippen molar-refractivity contribution in [2.75, 3.05) is 19.8 Å². The largest absolute Gasteiger partial charge is 0.380 e. The molecule has 1 atom stereocenters. The Hall–Kier alpha value is -0.870. The molecule has 0 aliphatic rings. The van der Waals surface area contributed by atoms with Crippen molar-refractivity contribution in [3.05, 3.63) is 18.2 Å². The summed E-state index contributed by atoms with van der Waals surface area (Å²) in [6, 6.07) is 0.411. The van der Waals surface area contributed by atoms with E-state index >= 15 is 0 Å². The highest BCUT2D eigenvalue weighted by Crippen LogP contribution is 1.94. The van der Waals surface area contributed by atoms with E-state index in [1.54, 1.807) is 0 Å². The average molecular weight is 211 g/mol. The maximum atomic E-state index is 5.33. The van der Waals surface area contributed by atoms with Crippen LogP contribution >= 0.6 is 0 Å². The molecule has 0 aliphatic carbocycles. The Morgan fingerprint density at radius 2 is 2.40 bits per heavy atom. The standard InChI is InChI=1S/C11H21N3O/c1-4-15-9-10(2)12-5-7-14-8-6-13-11(14)3/h6,8,10,12H,4-5,7,9H2,1-3H3. The molecule has 1 heterocycles. The van der Waals surface area contributed by atoms with Gasteiger partial charge in [0.15, 0.2) is 0 Å². The van der Waals surface area contributed by atoms with Crippen molar-refractivity contribution in [3.8, 4) is 0 Å². The molecule has 0 fully saturated rings. The van der Waals surface area contributed by atoms with E-state index in [0.717, 1.165) is 32.1 Å². The lowest BCUT2D eigenvalue weighted by atomic mass is 10.3. The molecule has 0 aromatic carbocycles. The summed E-state index contributed by atoms with van der Waals surface area (Å²) < 4.78 is 7.46. The van der Waals surface area contributed by atoms with Crippen LogP contribution in [-0.2, 0) is 11.3 Å². The van der Waals surface area contributed by atoms with E-state index in [1.165, 1.54) is 0 Å². The number of ether oxygens (including phenoxy) is 1. The summed E-state index contributed by atoms with van der Waals surface area (Å²) in [5, 5.41) is 3.41. The Kier molecular flexibility index (Phi) is 5.36. The van der Waals surface area contributed by atoms with Crippen LogP contribution < -0.4 is 5.32 Å². The molecule has 1 aromatic heterocycles. The first-order chi connectivity index (χ1) is 7.24. The molecule has 0 spiro atoms. The van der Waals surface area contributed by atoms with E-state index in [-0.39, 0.29) is 0 Å². The highest BCUT2D eigenvalue weighted by molar-refractivity contribution is 4.88. The van der Waals surface area contributed by atoms with E-state index in [2.05, 4.69) is 21.8 Å². The third kappa shape index (κ3) is 4.44. The van der Waals surface area contributed by atoms with Crippen molar-refractivity contribution in [2.45, 2.75) is 33.4 Å². The lowest BCUT2D eigenvalue weighted by Crippen LogP contribution is -2.33. The minimum absolute atomic E-state index is 0.411. The molecule has 0 radical (unpaired) electrons. The molecule has 0 saturated heterocycles. The van der Waals surface area contributed by atoms with Crippen LogP contribution in [0.25, 0.3) is 0 Å².